The van der Waals surface area contributed by atoms with Gasteiger partial charge in [0.05, 0.1) is 22.9 Å². The van der Waals surface area contributed by atoms with Crippen molar-refractivity contribution in [2.75, 3.05) is 7.11 Å². The Bertz CT molecular complexity index is 1180. The van der Waals surface area contributed by atoms with E-state index in [1.54, 1.807) is 0 Å². The molecule has 0 radical (unpaired) electrons. The Balaban J connectivity index is 2.17. The number of methoxy groups -OCH3 is 1. The van der Waals surface area contributed by atoms with Gasteiger partial charge in [-0.3, -0.25) is 9.59 Å². The SMILES string of the molecule is COC(=O)Cn1c(=NC(=O)c2cccc(C(F)(F)F)c2)sc2cc(F)cc(F)c21. The van der Waals surface area contributed by atoms with Crippen LogP contribution in [0.3, 0.4) is 0 Å². The molecule has 0 saturated carbocycles. The highest BCUT2D eigenvalue weighted by atomic mass is 32.1. The lowest BCUT2D eigenvalue weighted by Gasteiger charge is -2.07. The third-order valence-corrected chi connectivity index (χ3v) is 4.87. The zero-order chi connectivity index (χ0) is 21.3. The lowest BCUT2D eigenvalue weighted by atomic mass is 10.1. The fourth-order valence-electron chi connectivity index (χ4n) is 2.53. The molecule has 5 nitrogen and oxygen atoms in total. The predicted molar refractivity (Wildman–Crippen MR) is 93.1 cm³/mol. The number of carbonyl (C=O) groups excluding carboxylic acids is 2. The molecular weight excluding hydrogens is 419 g/mol. The molecule has 0 aliphatic rings. The van der Waals surface area contributed by atoms with Crippen LogP contribution in [0, 0.1) is 11.6 Å². The maximum atomic E-state index is 14.3. The summed E-state index contributed by atoms with van der Waals surface area (Å²) >= 11 is 0.703. The first-order chi connectivity index (χ1) is 13.6. The number of carbonyl (C=O) groups is 2. The van der Waals surface area contributed by atoms with Gasteiger partial charge in [-0.15, -0.1) is 0 Å². The number of halogens is 5. The molecule has 1 aromatic heterocycles. The molecule has 0 spiro atoms. The van der Waals surface area contributed by atoms with E-state index in [4.69, 9.17) is 0 Å². The molecule has 0 atom stereocenters. The van der Waals surface area contributed by atoms with E-state index < -0.39 is 41.8 Å². The first-order valence-corrected chi connectivity index (χ1v) is 8.73. The van der Waals surface area contributed by atoms with Gasteiger partial charge in [-0.1, -0.05) is 17.4 Å². The number of hydrogen-bond acceptors (Lipinski definition) is 4. The molecule has 0 bridgehead atoms. The summed E-state index contributed by atoms with van der Waals surface area (Å²) in [5, 5.41) is 0. The molecule has 29 heavy (non-hydrogen) atoms. The molecule has 3 aromatic rings. The van der Waals surface area contributed by atoms with Crippen LogP contribution in [-0.2, 0) is 22.3 Å². The number of ether oxygens (including phenoxy) is 1. The van der Waals surface area contributed by atoms with Gasteiger partial charge in [0.2, 0.25) is 0 Å². The van der Waals surface area contributed by atoms with Crippen LogP contribution in [0.15, 0.2) is 41.4 Å². The average molecular weight is 430 g/mol. The van der Waals surface area contributed by atoms with Crippen LogP contribution in [0.2, 0.25) is 0 Å². The van der Waals surface area contributed by atoms with E-state index in [2.05, 4.69) is 9.73 Å². The van der Waals surface area contributed by atoms with Gasteiger partial charge >= 0.3 is 12.1 Å². The minimum absolute atomic E-state index is 0.0574. The lowest BCUT2D eigenvalue weighted by molar-refractivity contribution is -0.141. The van der Waals surface area contributed by atoms with Crippen molar-refractivity contribution in [2.45, 2.75) is 12.7 Å². The van der Waals surface area contributed by atoms with Crippen molar-refractivity contribution in [3.05, 3.63) is 64.0 Å². The molecule has 0 fully saturated rings. The van der Waals surface area contributed by atoms with E-state index in [1.165, 1.54) is 0 Å². The first-order valence-electron chi connectivity index (χ1n) is 7.91. The van der Waals surface area contributed by atoms with E-state index in [-0.39, 0.29) is 20.6 Å². The van der Waals surface area contributed by atoms with Gasteiger partial charge < -0.3 is 9.30 Å². The Morgan fingerprint density at radius 3 is 2.55 bits per heavy atom. The number of aromatic nitrogens is 1. The molecule has 0 aliphatic heterocycles. The van der Waals surface area contributed by atoms with Crippen molar-refractivity contribution in [1.29, 1.82) is 0 Å². The number of hydrogen-bond donors (Lipinski definition) is 0. The number of esters is 1. The monoisotopic (exact) mass is 430 g/mol. The Kier molecular flexibility index (Phi) is 5.51. The van der Waals surface area contributed by atoms with Crippen LogP contribution >= 0.6 is 11.3 Å². The zero-order valence-electron chi connectivity index (χ0n) is 14.6. The van der Waals surface area contributed by atoms with Crippen molar-refractivity contribution < 1.29 is 36.3 Å². The van der Waals surface area contributed by atoms with Gasteiger partial charge in [-0.25, -0.2) is 8.78 Å². The Hall–Kier alpha value is -3.08. The molecule has 11 heteroatoms. The summed E-state index contributed by atoms with van der Waals surface area (Å²) < 4.78 is 71.9. The van der Waals surface area contributed by atoms with Gasteiger partial charge in [0.15, 0.2) is 10.6 Å². The molecule has 0 aliphatic carbocycles. The van der Waals surface area contributed by atoms with Crippen LogP contribution in [0.4, 0.5) is 22.0 Å². The second-order valence-corrected chi connectivity index (χ2v) is 6.79. The van der Waals surface area contributed by atoms with Gasteiger partial charge in [-0.2, -0.15) is 18.2 Å². The standard InChI is InChI=1S/C18H11F5N2O3S/c1-28-14(26)8-25-15-12(20)6-11(19)7-13(15)29-17(25)24-16(27)9-3-2-4-10(5-9)18(21,22)23/h2-7H,8H2,1H3. The summed E-state index contributed by atoms with van der Waals surface area (Å²) in [5.41, 5.74) is -1.57. The van der Waals surface area contributed by atoms with E-state index in [9.17, 15) is 31.5 Å². The van der Waals surface area contributed by atoms with Crippen LogP contribution < -0.4 is 4.80 Å². The molecule has 0 N–H and O–H groups in total. The van der Waals surface area contributed by atoms with E-state index in [0.717, 1.165) is 35.9 Å². The molecule has 1 heterocycles. The largest absolute Gasteiger partial charge is 0.468 e. The highest BCUT2D eigenvalue weighted by Gasteiger charge is 2.31. The molecule has 0 unspecified atom stereocenters. The van der Waals surface area contributed by atoms with E-state index >= 15 is 0 Å². The summed E-state index contributed by atoms with van der Waals surface area (Å²) in [4.78, 5) is 27.6. The summed E-state index contributed by atoms with van der Waals surface area (Å²) in [6.07, 6.45) is -4.65. The van der Waals surface area contributed by atoms with E-state index in [0.29, 0.717) is 23.5 Å². The van der Waals surface area contributed by atoms with Gasteiger partial charge in [-0.05, 0) is 24.3 Å². The van der Waals surface area contributed by atoms with Crippen molar-refractivity contribution in [3.8, 4) is 0 Å². The Morgan fingerprint density at radius 1 is 1.17 bits per heavy atom. The third-order valence-electron chi connectivity index (χ3n) is 3.84. The van der Waals surface area contributed by atoms with Crippen molar-refractivity contribution in [3.63, 3.8) is 0 Å². The molecule has 152 valence electrons. The summed E-state index contributed by atoms with van der Waals surface area (Å²) in [6.45, 7) is -0.534. The van der Waals surface area contributed by atoms with Crippen LogP contribution in [0.25, 0.3) is 10.2 Å². The van der Waals surface area contributed by atoms with Gasteiger partial charge in [0.1, 0.15) is 12.4 Å². The number of alkyl halides is 3. The minimum atomic E-state index is -4.65. The fraction of sp³-hybridized carbons (Fsp3) is 0.167. The number of amides is 1. The molecule has 3 rings (SSSR count). The summed E-state index contributed by atoms with van der Waals surface area (Å²) in [5.74, 6) is -3.70. The second kappa shape index (κ2) is 7.74. The molecule has 2 aromatic carbocycles. The number of benzene rings is 2. The molecular formula is C18H11F5N2O3S. The first kappa shape index (κ1) is 20.6. The fourth-order valence-corrected chi connectivity index (χ4v) is 3.60. The molecule has 0 saturated heterocycles. The minimum Gasteiger partial charge on any atom is -0.468 e. The van der Waals surface area contributed by atoms with Crippen molar-refractivity contribution in [1.82, 2.24) is 4.57 Å². The maximum Gasteiger partial charge on any atom is 0.416 e. The maximum absolute atomic E-state index is 14.3. The predicted octanol–water partition coefficient (Wildman–Crippen LogP) is 3.91. The lowest BCUT2D eigenvalue weighted by Crippen LogP contribution is -2.23. The van der Waals surface area contributed by atoms with E-state index in [1.807, 2.05) is 0 Å². The summed E-state index contributed by atoms with van der Waals surface area (Å²) in [7, 11) is 1.10. The third kappa shape index (κ3) is 4.34. The number of nitrogens with zero attached hydrogens (tertiary/aromatic N) is 2. The van der Waals surface area contributed by atoms with Crippen molar-refractivity contribution >= 4 is 33.4 Å². The number of rotatable bonds is 3. The van der Waals surface area contributed by atoms with Gasteiger partial charge in [0.25, 0.3) is 5.91 Å². The topological polar surface area (TPSA) is 60.7 Å². The Morgan fingerprint density at radius 2 is 1.90 bits per heavy atom. The quantitative estimate of drug-likeness (QED) is 0.468. The average Bonchev–Trinajstić information content (AvgIpc) is 2.97. The normalized spacial score (nSPS) is 12.4. The highest BCUT2D eigenvalue weighted by molar-refractivity contribution is 7.16. The smallest absolute Gasteiger partial charge is 0.416 e. The zero-order valence-corrected chi connectivity index (χ0v) is 15.4. The van der Waals surface area contributed by atoms with Crippen LogP contribution in [-0.4, -0.2) is 23.6 Å². The summed E-state index contributed by atoms with van der Waals surface area (Å²) in [6, 6.07) is 5.20. The second-order valence-electron chi connectivity index (χ2n) is 5.78. The van der Waals surface area contributed by atoms with Crippen molar-refractivity contribution in [2.24, 2.45) is 4.99 Å². The molecule has 1 amide bonds. The number of fused-ring (bicyclic) bond motifs is 1. The van der Waals surface area contributed by atoms with Crippen LogP contribution in [0.5, 0.6) is 0 Å². The van der Waals surface area contributed by atoms with Crippen LogP contribution in [0.1, 0.15) is 15.9 Å². The highest BCUT2D eigenvalue weighted by Crippen LogP contribution is 2.29. The number of thiazole rings is 1. The Labute approximate surface area is 163 Å². The van der Waals surface area contributed by atoms with Gasteiger partial charge in [0, 0.05) is 11.6 Å².